The lowest BCUT2D eigenvalue weighted by Gasteiger charge is -2.07. The van der Waals surface area contributed by atoms with Gasteiger partial charge in [0, 0.05) is 23.5 Å². The molecule has 0 N–H and O–H groups in total. The number of benzene rings is 1. The highest BCUT2D eigenvalue weighted by Gasteiger charge is 2.34. The topological polar surface area (TPSA) is 66.6 Å². The Kier molecular flexibility index (Phi) is 3.48. The average molecular weight is 277 g/mol. The van der Waals surface area contributed by atoms with Crippen LogP contribution in [-0.4, -0.2) is 16.3 Å². The maximum atomic E-state index is 12.3. The zero-order chi connectivity index (χ0) is 14.8. The van der Waals surface area contributed by atoms with Gasteiger partial charge in [0.25, 0.3) is 0 Å². The maximum absolute atomic E-state index is 12.3. The summed E-state index contributed by atoms with van der Waals surface area (Å²) in [7, 11) is 0. The van der Waals surface area contributed by atoms with E-state index in [0.717, 1.165) is 12.4 Å². The second kappa shape index (κ2) is 5.09. The Hall–Kier alpha value is -2.75. The fraction of sp³-hybridized carbons (Fsp3) is 0.0769. The first-order valence-electron chi connectivity index (χ1n) is 5.34. The van der Waals surface area contributed by atoms with Crippen LogP contribution < -0.4 is 0 Å². The fourth-order valence-electron chi connectivity index (χ4n) is 1.61. The maximum Gasteiger partial charge on any atom is 0.451 e. The first kappa shape index (κ1) is 13.7. The molecule has 0 atom stereocenters. The lowest BCUT2D eigenvalue weighted by Crippen LogP contribution is -2.10. The molecule has 1 heterocycles. The summed E-state index contributed by atoms with van der Waals surface area (Å²) in [6.07, 6.45) is -2.11. The van der Waals surface area contributed by atoms with Gasteiger partial charge < -0.3 is 0 Å². The van der Waals surface area contributed by atoms with Crippen LogP contribution in [0.15, 0.2) is 30.6 Å². The molecule has 0 bridgehead atoms. The van der Waals surface area contributed by atoms with E-state index < -0.39 is 12.0 Å². The fourth-order valence-corrected chi connectivity index (χ4v) is 1.61. The number of halogens is 3. The number of hydrogen-bond acceptors (Lipinski definition) is 4. The lowest BCUT2D eigenvalue weighted by molar-refractivity contribution is -0.144. The molecule has 0 saturated heterocycles. The van der Waals surface area contributed by atoms with Crippen molar-refractivity contribution >= 4 is 6.29 Å². The molecule has 1 aromatic heterocycles. The van der Waals surface area contributed by atoms with Gasteiger partial charge in [-0.3, -0.25) is 4.79 Å². The van der Waals surface area contributed by atoms with Gasteiger partial charge in [-0.1, -0.05) is 6.07 Å². The number of hydrogen-bond donors (Lipinski definition) is 0. The summed E-state index contributed by atoms with van der Waals surface area (Å²) < 4.78 is 37.0. The van der Waals surface area contributed by atoms with Crippen LogP contribution >= 0.6 is 0 Å². The normalized spacial score (nSPS) is 10.9. The Balaban J connectivity index is 2.47. The molecule has 0 fully saturated rings. The summed E-state index contributed by atoms with van der Waals surface area (Å²) >= 11 is 0. The van der Waals surface area contributed by atoms with Gasteiger partial charge in [-0.25, -0.2) is 9.97 Å². The third-order valence-corrected chi connectivity index (χ3v) is 2.52. The zero-order valence-electron chi connectivity index (χ0n) is 9.85. The molecule has 0 spiro atoms. The van der Waals surface area contributed by atoms with Crippen molar-refractivity contribution in [2.45, 2.75) is 6.18 Å². The molecule has 0 radical (unpaired) electrons. The molecular formula is C13H6F3N3O. The number of alkyl halides is 3. The molecule has 20 heavy (non-hydrogen) atoms. The number of nitriles is 1. The van der Waals surface area contributed by atoms with E-state index in [0.29, 0.717) is 11.8 Å². The average Bonchev–Trinajstić information content (AvgIpc) is 2.45. The van der Waals surface area contributed by atoms with E-state index in [1.165, 1.54) is 18.2 Å². The Labute approximate surface area is 111 Å². The van der Waals surface area contributed by atoms with Crippen molar-refractivity contribution in [2.75, 3.05) is 0 Å². The molecule has 4 nitrogen and oxygen atoms in total. The second-order valence-electron chi connectivity index (χ2n) is 3.82. The molecule has 0 unspecified atom stereocenters. The highest BCUT2D eigenvalue weighted by atomic mass is 19.4. The first-order chi connectivity index (χ1) is 9.45. The molecule has 0 aliphatic heterocycles. The van der Waals surface area contributed by atoms with Gasteiger partial charge in [0.15, 0.2) is 6.29 Å². The molecule has 0 aliphatic rings. The molecule has 2 aromatic rings. The molecule has 7 heteroatoms. The van der Waals surface area contributed by atoms with Gasteiger partial charge >= 0.3 is 6.18 Å². The highest BCUT2D eigenvalue weighted by Crippen LogP contribution is 2.28. The Morgan fingerprint density at radius 1 is 1.20 bits per heavy atom. The molecular weight excluding hydrogens is 271 g/mol. The van der Waals surface area contributed by atoms with E-state index in [1.54, 1.807) is 0 Å². The Morgan fingerprint density at radius 3 is 2.35 bits per heavy atom. The van der Waals surface area contributed by atoms with Crippen LogP contribution in [0.3, 0.4) is 0 Å². The second-order valence-corrected chi connectivity index (χ2v) is 3.82. The van der Waals surface area contributed by atoms with E-state index in [1.807, 2.05) is 6.07 Å². The quantitative estimate of drug-likeness (QED) is 0.791. The van der Waals surface area contributed by atoms with Crippen LogP contribution in [0.1, 0.15) is 21.7 Å². The van der Waals surface area contributed by atoms with E-state index >= 15 is 0 Å². The summed E-state index contributed by atoms with van der Waals surface area (Å²) in [6, 6.07) is 6.14. The molecule has 0 amide bonds. The number of aromatic nitrogens is 2. The van der Waals surface area contributed by atoms with Crippen LogP contribution in [0, 0.1) is 11.3 Å². The predicted molar refractivity (Wildman–Crippen MR) is 62.6 cm³/mol. The minimum atomic E-state index is -4.61. The van der Waals surface area contributed by atoms with E-state index in [2.05, 4.69) is 9.97 Å². The third kappa shape index (κ3) is 2.64. The van der Waals surface area contributed by atoms with Crippen molar-refractivity contribution in [1.82, 2.24) is 9.97 Å². The van der Waals surface area contributed by atoms with Gasteiger partial charge in [0.1, 0.15) is 0 Å². The van der Waals surface area contributed by atoms with Gasteiger partial charge in [-0.15, -0.1) is 0 Å². The highest BCUT2D eigenvalue weighted by molar-refractivity contribution is 5.87. The minimum Gasteiger partial charge on any atom is -0.298 e. The number of carbonyl (C=O) groups is 1. The third-order valence-electron chi connectivity index (χ3n) is 2.52. The van der Waals surface area contributed by atoms with E-state index in [4.69, 9.17) is 5.26 Å². The van der Waals surface area contributed by atoms with E-state index in [-0.39, 0.29) is 16.7 Å². The van der Waals surface area contributed by atoms with Crippen molar-refractivity contribution in [3.8, 4) is 17.2 Å². The van der Waals surface area contributed by atoms with Crippen LogP contribution in [0.4, 0.5) is 13.2 Å². The van der Waals surface area contributed by atoms with Gasteiger partial charge in [0.05, 0.1) is 11.6 Å². The lowest BCUT2D eigenvalue weighted by atomic mass is 10.0. The van der Waals surface area contributed by atoms with Crippen molar-refractivity contribution < 1.29 is 18.0 Å². The van der Waals surface area contributed by atoms with Crippen LogP contribution in [0.25, 0.3) is 11.1 Å². The number of rotatable bonds is 2. The molecule has 0 saturated carbocycles. The SMILES string of the molecule is N#Cc1ccc(-c2cnc(C(F)(F)F)nc2)c(C=O)c1. The summed E-state index contributed by atoms with van der Waals surface area (Å²) in [6.45, 7) is 0. The first-order valence-corrected chi connectivity index (χ1v) is 5.34. The molecule has 0 aliphatic carbocycles. The summed E-state index contributed by atoms with van der Waals surface area (Å²) in [5, 5.41) is 8.73. The predicted octanol–water partition coefficient (Wildman–Crippen LogP) is 2.85. The molecule has 1 aromatic carbocycles. The number of carbonyl (C=O) groups excluding carboxylic acids is 1. The van der Waals surface area contributed by atoms with Crippen molar-refractivity contribution in [1.29, 1.82) is 5.26 Å². The minimum absolute atomic E-state index is 0.187. The van der Waals surface area contributed by atoms with Gasteiger partial charge in [-0.05, 0) is 17.7 Å². The van der Waals surface area contributed by atoms with Crippen LogP contribution in [0.5, 0.6) is 0 Å². The Bertz CT molecular complexity index is 687. The largest absolute Gasteiger partial charge is 0.451 e. The number of nitrogens with zero attached hydrogens (tertiary/aromatic N) is 3. The Morgan fingerprint density at radius 2 is 1.85 bits per heavy atom. The number of aldehydes is 1. The standard InChI is InChI=1S/C13H6F3N3O/c14-13(15,16)12-18-5-10(6-19-12)11-2-1-8(4-17)3-9(11)7-20/h1-3,5-7H. The summed E-state index contributed by atoms with van der Waals surface area (Å²) in [5.74, 6) is -1.25. The zero-order valence-corrected chi connectivity index (χ0v) is 9.85. The van der Waals surface area contributed by atoms with E-state index in [9.17, 15) is 18.0 Å². The van der Waals surface area contributed by atoms with Crippen molar-refractivity contribution in [2.24, 2.45) is 0 Å². The monoisotopic (exact) mass is 277 g/mol. The summed E-state index contributed by atoms with van der Waals surface area (Å²) in [5.41, 5.74) is 1.11. The van der Waals surface area contributed by atoms with Crippen LogP contribution in [0.2, 0.25) is 0 Å². The molecule has 2 rings (SSSR count). The van der Waals surface area contributed by atoms with Gasteiger partial charge in [0.2, 0.25) is 5.82 Å². The van der Waals surface area contributed by atoms with Crippen molar-refractivity contribution in [3.05, 3.63) is 47.5 Å². The van der Waals surface area contributed by atoms with Crippen LogP contribution in [-0.2, 0) is 6.18 Å². The van der Waals surface area contributed by atoms with Gasteiger partial charge in [-0.2, -0.15) is 18.4 Å². The van der Waals surface area contributed by atoms with Crippen molar-refractivity contribution in [3.63, 3.8) is 0 Å². The smallest absolute Gasteiger partial charge is 0.298 e. The summed E-state index contributed by atoms with van der Waals surface area (Å²) in [4.78, 5) is 17.4. The molecule has 100 valence electrons.